The molecule has 0 saturated heterocycles. The lowest BCUT2D eigenvalue weighted by molar-refractivity contribution is -0.141. The molecule has 0 aliphatic carbocycles. The summed E-state index contributed by atoms with van der Waals surface area (Å²) in [5.74, 6) is -0.682. The smallest absolute Gasteiger partial charge is 0.307 e. The Balaban J connectivity index is 3.63. The van der Waals surface area contributed by atoms with Crippen molar-refractivity contribution in [2.45, 2.75) is 71.8 Å². The van der Waals surface area contributed by atoms with Crippen LogP contribution >= 0.6 is 0 Å². The molecule has 3 nitrogen and oxygen atoms in total. The molecule has 17 heavy (non-hydrogen) atoms. The molecule has 0 heterocycles. The summed E-state index contributed by atoms with van der Waals surface area (Å²) < 4.78 is 0. The molecule has 3 heteroatoms. The van der Waals surface area contributed by atoms with Gasteiger partial charge in [-0.3, -0.25) is 4.79 Å². The Morgan fingerprint density at radius 1 is 1.18 bits per heavy atom. The molecule has 0 aliphatic heterocycles. The van der Waals surface area contributed by atoms with Crippen LogP contribution in [-0.4, -0.2) is 17.1 Å². The fourth-order valence-electron chi connectivity index (χ4n) is 2.07. The van der Waals surface area contributed by atoms with E-state index in [1.165, 1.54) is 38.5 Å². The predicted molar refractivity (Wildman–Crippen MR) is 71.9 cm³/mol. The lowest BCUT2D eigenvalue weighted by atomic mass is 9.90. The number of carboxylic acid groups (broad SMARTS) is 1. The minimum Gasteiger partial charge on any atom is -0.481 e. The van der Waals surface area contributed by atoms with E-state index < -0.39 is 11.9 Å². The summed E-state index contributed by atoms with van der Waals surface area (Å²) >= 11 is 0. The molecule has 3 atom stereocenters. The normalized spacial score (nSPS) is 16.5. The summed E-state index contributed by atoms with van der Waals surface area (Å²) in [5.41, 5.74) is 5.89. The topological polar surface area (TPSA) is 63.3 Å². The number of carbonyl (C=O) groups is 1. The van der Waals surface area contributed by atoms with Gasteiger partial charge in [-0.1, -0.05) is 59.3 Å². The summed E-state index contributed by atoms with van der Waals surface area (Å²) in [7, 11) is 0. The van der Waals surface area contributed by atoms with Crippen LogP contribution in [0.2, 0.25) is 0 Å². The van der Waals surface area contributed by atoms with E-state index in [1.54, 1.807) is 6.92 Å². The fraction of sp³-hybridized carbons (Fsp3) is 0.929. The van der Waals surface area contributed by atoms with Gasteiger partial charge in [0, 0.05) is 6.04 Å². The van der Waals surface area contributed by atoms with Crippen molar-refractivity contribution in [1.29, 1.82) is 0 Å². The van der Waals surface area contributed by atoms with E-state index in [0.29, 0.717) is 5.92 Å². The quantitative estimate of drug-likeness (QED) is 0.578. The number of aliphatic carboxylic acids is 1. The molecule has 0 aromatic heterocycles. The molecule has 0 aliphatic rings. The molecule has 102 valence electrons. The highest BCUT2D eigenvalue weighted by Gasteiger charge is 2.21. The third-order valence-corrected chi connectivity index (χ3v) is 3.51. The van der Waals surface area contributed by atoms with Crippen molar-refractivity contribution in [2.75, 3.05) is 0 Å². The molecule has 1 unspecified atom stereocenters. The largest absolute Gasteiger partial charge is 0.481 e. The monoisotopic (exact) mass is 243 g/mol. The summed E-state index contributed by atoms with van der Waals surface area (Å²) in [6, 6.07) is -0.210. The van der Waals surface area contributed by atoms with Crippen LogP contribution in [0.15, 0.2) is 0 Å². The van der Waals surface area contributed by atoms with Gasteiger partial charge >= 0.3 is 5.97 Å². The van der Waals surface area contributed by atoms with E-state index in [1.807, 2.05) is 0 Å². The van der Waals surface area contributed by atoms with Gasteiger partial charge < -0.3 is 10.8 Å². The van der Waals surface area contributed by atoms with Crippen LogP contribution in [0, 0.1) is 11.8 Å². The highest BCUT2D eigenvalue weighted by atomic mass is 16.4. The predicted octanol–water partition coefficient (Wildman–Crippen LogP) is 3.42. The van der Waals surface area contributed by atoms with Crippen molar-refractivity contribution in [2.24, 2.45) is 17.6 Å². The fourth-order valence-corrected chi connectivity index (χ4v) is 2.07. The molecule has 0 fully saturated rings. The Bertz CT molecular complexity index is 206. The van der Waals surface area contributed by atoms with Gasteiger partial charge in [-0.2, -0.15) is 0 Å². The molecule has 0 spiro atoms. The molecule has 0 aromatic carbocycles. The zero-order chi connectivity index (χ0) is 13.3. The number of hydrogen-bond acceptors (Lipinski definition) is 2. The first-order valence-electron chi connectivity index (χ1n) is 6.97. The Morgan fingerprint density at radius 2 is 1.76 bits per heavy atom. The second-order valence-corrected chi connectivity index (χ2v) is 5.33. The first kappa shape index (κ1) is 16.4. The number of rotatable bonds is 10. The molecular formula is C14H29NO2. The van der Waals surface area contributed by atoms with Crippen molar-refractivity contribution < 1.29 is 9.90 Å². The third-order valence-electron chi connectivity index (χ3n) is 3.51. The number of hydrogen-bond donors (Lipinski definition) is 2. The number of nitrogens with two attached hydrogens (primary N) is 1. The average molecular weight is 243 g/mol. The lowest BCUT2D eigenvalue weighted by Crippen LogP contribution is -2.34. The van der Waals surface area contributed by atoms with Gasteiger partial charge in [-0.25, -0.2) is 0 Å². The van der Waals surface area contributed by atoms with Gasteiger partial charge in [0.2, 0.25) is 0 Å². The third kappa shape index (κ3) is 8.19. The molecule has 3 N–H and O–H groups in total. The van der Waals surface area contributed by atoms with E-state index in [-0.39, 0.29) is 6.04 Å². The maximum atomic E-state index is 10.8. The van der Waals surface area contributed by atoms with Gasteiger partial charge in [-0.15, -0.1) is 0 Å². The van der Waals surface area contributed by atoms with Crippen molar-refractivity contribution in [3.63, 3.8) is 0 Å². The van der Waals surface area contributed by atoms with Crippen molar-refractivity contribution in [3.05, 3.63) is 0 Å². The second kappa shape index (κ2) is 9.46. The average Bonchev–Trinajstić information content (AvgIpc) is 2.27. The highest BCUT2D eigenvalue weighted by Crippen LogP contribution is 2.18. The Hall–Kier alpha value is -0.570. The molecule has 0 rings (SSSR count). The van der Waals surface area contributed by atoms with Crippen molar-refractivity contribution in [3.8, 4) is 0 Å². The van der Waals surface area contributed by atoms with E-state index in [9.17, 15) is 4.79 Å². The highest BCUT2D eigenvalue weighted by molar-refractivity contribution is 5.70. The maximum Gasteiger partial charge on any atom is 0.307 e. The zero-order valence-electron chi connectivity index (χ0n) is 11.6. The Kier molecular flexibility index (Phi) is 9.14. The number of carboxylic acids is 1. The van der Waals surface area contributed by atoms with Crippen LogP contribution in [0.5, 0.6) is 0 Å². The zero-order valence-corrected chi connectivity index (χ0v) is 11.6. The van der Waals surface area contributed by atoms with Gasteiger partial charge in [0.25, 0.3) is 0 Å². The summed E-state index contributed by atoms with van der Waals surface area (Å²) in [4.78, 5) is 10.8. The van der Waals surface area contributed by atoms with Crippen molar-refractivity contribution >= 4 is 5.97 Å². The van der Waals surface area contributed by atoms with Gasteiger partial charge in [-0.05, 0) is 12.3 Å². The van der Waals surface area contributed by atoms with Gasteiger partial charge in [0.05, 0.1) is 5.92 Å². The van der Waals surface area contributed by atoms with Crippen LogP contribution in [0.1, 0.15) is 65.7 Å². The summed E-state index contributed by atoms with van der Waals surface area (Å²) in [6.45, 7) is 6.09. The minimum absolute atomic E-state index is 0.210. The maximum absolute atomic E-state index is 10.8. The Labute approximate surface area is 106 Å². The summed E-state index contributed by atoms with van der Waals surface area (Å²) in [5, 5.41) is 8.86. The van der Waals surface area contributed by atoms with Crippen LogP contribution in [0.3, 0.4) is 0 Å². The molecule has 0 aromatic rings. The minimum atomic E-state index is -0.785. The van der Waals surface area contributed by atoms with E-state index in [2.05, 4.69) is 13.8 Å². The lowest BCUT2D eigenvalue weighted by Gasteiger charge is -2.20. The second-order valence-electron chi connectivity index (χ2n) is 5.33. The molecule has 0 amide bonds. The van der Waals surface area contributed by atoms with Crippen molar-refractivity contribution in [1.82, 2.24) is 0 Å². The SMILES string of the molecule is CCCCCCC[C@@H](C)C[C@H](N)C(C)C(=O)O. The van der Waals surface area contributed by atoms with Crippen LogP contribution < -0.4 is 5.73 Å². The van der Waals surface area contributed by atoms with Crippen LogP contribution in [0.25, 0.3) is 0 Å². The molecular weight excluding hydrogens is 214 g/mol. The van der Waals surface area contributed by atoms with Gasteiger partial charge in [0.1, 0.15) is 0 Å². The van der Waals surface area contributed by atoms with E-state index in [4.69, 9.17) is 10.8 Å². The van der Waals surface area contributed by atoms with Crippen LogP contribution in [0.4, 0.5) is 0 Å². The van der Waals surface area contributed by atoms with E-state index >= 15 is 0 Å². The van der Waals surface area contributed by atoms with Crippen LogP contribution in [-0.2, 0) is 4.79 Å². The Morgan fingerprint density at radius 3 is 2.29 bits per heavy atom. The first-order valence-corrected chi connectivity index (χ1v) is 6.97. The molecule has 0 bridgehead atoms. The van der Waals surface area contributed by atoms with E-state index in [0.717, 1.165) is 6.42 Å². The number of unbranched alkanes of at least 4 members (excludes halogenated alkanes) is 4. The molecule has 0 saturated carbocycles. The van der Waals surface area contributed by atoms with Gasteiger partial charge in [0.15, 0.2) is 0 Å². The first-order chi connectivity index (χ1) is 7.99. The summed E-state index contributed by atoms with van der Waals surface area (Å²) in [6.07, 6.45) is 8.45. The molecule has 0 radical (unpaired) electrons. The standard InChI is InChI=1S/C14H29NO2/c1-4-5-6-7-8-9-11(2)10-13(15)12(3)14(16)17/h11-13H,4-10,15H2,1-3H3,(H,16,17)/t11-,12?,13+/m1/s1.